The van der Waals surface area contributed by atoms with E-state index in [1.54, 1.807) is 0 Å². The number of nitrogens with one attached hydrogen (secondary N) is 1. The molecule has 7 nitrogen and oxygen atoms in total. The molecule has 9 heteroatoms. The van der Waals surface area contributed by atoms with Crippen LogP contribution in [0, 0.1) is 11.3 Å². The van der Waals surface area contributed by atoms with Crippen molar-refractivity contribution in [1.82, 2.24) is 0 Å². The van der Waals surface area contributed by atoms with Gasteiger partial charge in [0.2, 0.25) is 0 Å². The Balaban J connectivity index is 2.42. The quantitative estimate of drug-likeness (QED) is 0.733. The molecule has 21 heavy (non-hydrogen) atoms. The minimum atomic E-state index is -3.96. The van der Waals surface area contributed by atoms with E-state index in [0.717, 1.165) is 17.4 Å². The molecule has 0 fully saturated rings. The Hall–Kier alpha value is -2.57. The van der Waals surface area contributed by atoms with Crippen molar-refractivity contribution in [3.8, 4) is 6.07 Å². The molecule has 0 radical (unpaired) electrons. The van der Waals surface area contributed by atoms with Crippen LogP contribution >= 0.6 is 11.3 Å². The summed E-state index contributed by atoms with van der Waals surface area (Å²) in [6.07, 6.45) is 0. The zero-order chi connectivity index (χ0) is 15.6. The molecule has 0 aliphatic rings. The molecule has 0 saturated heterocycles. The van der Waals surface area contributed by atoms with Crippen molar-refractivity contribution in [2.75, 3.05) is 10.5 Å². The van der Waals surface area contributed by atoms with Crippen molar-refractivity contribution in [3.05, 3.63) is 40.8 Å². The lowest BCUT2D eigenvalue weighted by Gasteiger charge is -2.09. The standard InChI is InChI=1S/C12H9N3O4S2/c13-6-8-2-4-11(20-8)21(18,19)15-10-3-1-7(14)5-9(10)12(16)17/h1-5,15H,14H2,(H,16,17). The maximum absolute atomic E-state index is 12.2. The Bertz CT molecular complexity index is 850. The molecule has 1 heterocycles. The Morgan fingerprint density at radius 2 is 2.05 bits per heavy atom. The van der Waals surface area contributed by atoms with E-state index in [0.29, 0.717) is 0 Å². The van der Waals surface area contributed by atoms with E-state index in [1.807, 2.05) is 6.07 Å². The minimum absolute atomic E-state index is 0.0767. The van der Waals surface area contributed by atoms with Crippen molar-refractivity contribution in [2.45, 2.75) is 4.21 Å². The van der Waals surface area contributed by atoms with Crippen molar-refractivity contribution in [2.24, 2.45) is 0 Å². The van der Waals surface area contributed by atoms with Gasteiger partial charge in [-0.1, -0.05) is 0 Å². The lowest BCUT2D eigenvalue weighted by atomic mass is 10.1. The second-order valence-electron chi connectivity index (χ2n) is 3.95. The molecule has 0 bridgehead atoms. The van der Waals surface area contributed by atoms with Gasteiger partial charge >= 0.3 is 5.97 Å². The van der Waals surface area contributed by atoms with E-state index in [9.17, 15) is 13.2 Å². The van der Waals surface area contributed by atoms with Gasteiger partial charge in [-0.25, -0.2) is 13.2 Å². The average molecular weight is 323 g/mol. The summed E-state index contributed by atoms with van der Waals surface area (Å²) in [5, 5.41) is 17.8. The number of thiophene rings is 1. The Labute approximate surface area is 124 Å². The molecule has 1 aromatic carbocycles. The number of rotatable bonds is 4. The highest BCUT2D eigenvalue weighted by Crippen LogP contribution is 2.26. The number of anilines is 2. The number of carbonyl (C=O) groups is 1. The number of hydrogen-bond acceptors (Lipinski definition) is 6. The van der Waals surface area contributed by atoms with E-state index < -0.39 is 16.0 Å². The molecule has 0 spiro atoms. The van der Waals surface area contributed by atoms with Gasteiger partial charge in [0.05, 0.1) is 11.3 Å². The molecule has 0 saturated carbocycles. The zero-order valence-corrected chi connectivity index (χ0v) is 12.0. The van der Waals surface area contributed by atoms with Gasteiger partial charge in [-0.15, -0.1) is 11.3 Å². The van der Waals surface area contributed by atoms with Crippen LogP contribution in [0.25, 0.3) is 0 Å². The third-order valence-corrected chi connectivity index (χ3v) is 5.32. The van der Waals surface area contributed by atoms with Gasteiger partial charge in [0.15, 0.2) is 0 Å². The minimum Gasteiger partial charge on any atom is -0.478 e. The number of sulfonamides is 1. The Kier molecular flexibility index (Phi) is 3.84. The summed E-state index contributed by atoms with van der Waals surface area (Å²) in [6, 6.07) is 8.32. The molecule has 2 rings (SSSR count). The SMILES string of the molecule is N#Cc1ccc(S(=O)(=O)Nc2ccc(N)cc2C(=O)O)s1. The smallest absolute Gasteiger partial charge is 0.337 e. The molecular weight excluding hydrogens is 314 g/mol. The fraction of sp³-hybridized carbons (Fsp3) is 0. The molecule has 108 valence electrons. The molecule has 1 aromatic heterocycles. The highest BCUT2D eigenvalue weighted by Gasteiger charge is 2.20. The number of carboxylic acids is 1. The fourth-order valence-corrected chi connectivity index (χ4v) is 3.73. The molecule has 0 aliphatic heterocycles. The third-order valence-electron chi connectivity index (χ3n) is 2.47. The topological polar surface area (TPSA) is 133 Å². The molecule has 0 aliphatic carbocycles. The summed E-state index contributed by atoms with van der Waals surface area (Å²) < 4.78 is 26.4. The molecule has 0 atom stereocenters. The van der Waals surface area contributed by atoms with E-state index in [2.05, 4.69) is 4.72 Å². The van der Waals surface area contributed by atoms with Crippen LogP contribution < -0.4 is 10.5 Å². The number of nitrogens with zero attached hydrogens (tertiary/aromatic N) is 1. The van der Waals surface area contributed by atoms with Crippen LogP contribution in [0.2, 0.25) is 0 Å². The first kappa shape index (κ1) is 14.8. The molecular formula is C12H9N3O4S2. The van der Waals surface area contributed by atoms with Gasteiger partial charge in [-0.3, -0.25) is 4.72 Å². The monoisotopic (exact) mass is 323 g/mol. The summed E-state index contributed by atoms with van der Waals surface area (Å²) in [5.41, 5.74) is 5.35. The van der Waals surface area contributed by atoms with E-state index in [4.69, 9.17) is 16.1 Å². The van der Waals surface area contributed by atoms with Gasteiger partial charge in [-0.2, -0.15) is 5.26 Å². The lowest BCUT2D eigenvalue weighted by molar-refractivity contribution is 0.0698. The summed E-state index contributed by atoms with van der Waals surface area (Å²) in [4.78, 5) is 11.4. The molecule has 2 aromatic rings. The molecule has 0 unspecified atom stereocenters. The van der Waals surface area contributed by atoms with Crippen LogP contribution in [0.4, 0.5) is 11.4 Å². The van der Waals surface area contributed by atoms with E-state index in [-0.39, 0.29) is 26.0 Å². The van der Waals surface area contributed by atoms with Crippen molar-refractivity contribution < 1.29 is 18.3 Å². The predicted molar refractivity (Wildman–Crippen MR) is 77.7 cm³/mol. The highest BCUT2D eigenvalue weighted by atomic mass is 32.2. The number of nitrogens with two attached hydrogens (primary N) is 1. The van der Waals surface area contributed by atoms with Crippen LogP contribution in [0.3, 0.4) is 0 Å². The highest BCUT2D eigenvalue weighted by molar-refractivity contribution is 7.94. The van der Waals surface area contributed by atoms with Crippen molar-refractivity contribution in [3.63, 3.8) is 0 Å². The largest absolute Gasteiger partial charge is 0.478 e. The van der Waals surface area contributed by atoms with Crippen molar-refractivity contribution >= 4 is 38.7 Å². The van der Waals surface area contributed by atoms with Gasteiger partial charge in [0, 0.05) is 5.69 Å². The van der Waals surface area contributed by atoms with Gasteiger partial charge < -0.3 is 10.8 Å². The number of nitrogen functional groups attached to an aromatic ring is 1. The maximum Gasteiger partial charge on any atom is 0.337 e. The third kappa shape index (κ3) is 3.13. The first-order chi connectivity index (χ1) is 9.83. The average Bonchev–Trinajstić information content (AvgIpc) is 2.90. The first-order valence-corrected chi connectivity index (χ1v) is 7.79. The van der Waals surface area contributed by atoms with E-state index in [1.165, 1.54) is 24.3 Å². The maximum atomic E-state index is 12.2. The summed E-state index contributed by atoms with van der Waals surface area (Å²) in [5.74, 6) is -1.30. The van der Waals surface area contributed by atoms with Gasteiger partial charge in [0.25, 0.3) is 10.0 Å². The summed E-state index contributed by atoms with van der Waals surface area (Å²) in [6.45, 7) is 0. The van der Waals surface area contributed by atoms with Crippen LogP contribution in [-0.2, 0) is 10.0 Å². The number of hydrogen-bond donors (Lipinski definition) is 3. The zero-order valence-electron chi connectivity index (χ0n) is 10.4. The number of aromatic carboxylic acids is 1. The van der Waals surface area contributed by atoms with Gasteiger partial charge in [0.1, 0.15) is 15.2 Å². The second kappa shape index (κ2) is 5.43. The summed E-state index contributed by atoms with van der Waals surface area (Å²) in [7, 11) is -3.96. The first-order valence-electron chi connectivity index (χ1n) is 5.49. The van der Waals surface area contributed by atoms with E-state index >= 15 is 0 Å². The lowest BCUT2D eigenvalue weighted by Crippen LogP contribution is -2.14. The number of nitriles is 1. The van der Waals surface area contributed by atoms with Crippen LogP contribution in [-0.4, -0.2) is 19.5 Å². The van der Waals surface area contributed by atoms with Crippen LogP contribution in [0.5, 0.6) is 0 Å². The normalized spacial score (nSPS) is 10.8. The second-order valence-corrected chi connectivity index (χ2v) is 6.94. The Morgan fingerprint density at radius 1 is 1.33 bits per heavy atom. The van der Waals surface area contributed by atoms with Crippen molar-refractivity contribution in [1.29, 1.82) is 5.26 Å². The molecule has 0 amide bonds. The molecule has 4 N–H and O–H groups in total. The Morgan fingerprint density at radius 3 is 2.62 bits per heavy atom. The number of carboxylic acid groups (broad SMARTS) is 1. The van der Waals surface area contributed by atoms with Gasteiger partial charge in [-0.05, 0) is 30.3 Å². The fourth-order valence-electron chi connectivity index (χ4n) is 1.55. The number of benzene rings is 1. The van der Waals surface area contributed by atoms with Crippen LogP contribution in [0.1, 0.15) is 15.2 Å². The predicted octanol–water partition coefficient (Wildman–Crippen LogP) is 1.70. The summed E-state index contributed by atoms with van der Waals surface area (Å²) >= 11 is 0.793. The van der Waals surface area contributed by atoms with Crippen LogP contribution in [0.15, 0.2) is 34.5 Å².